The minimum Gasteiger partial charge on any atom is -0.383 e. The number of para-hydroxylation sites is 2. The average Bonchev–Trinajstić information content (AvgIpc) is 3.00. The lowest BCUT2D eigenvalue weighted by Gasteiger charge is -2.07. The minimum absolute atomic E-state index is 0.214. The van der Waals surface area contributed by atoms with Crippen LogP contribution in [-0.2, 0) is 0 Å². The van der Waals surface area contributed by atoms with Crippen molar-refractivity contribution in [2.24, 2.45) is 11.0 Å². The largest absolute Gasteiger partial charge is 0.383 e. The van der Waals surface area contributed by atoms with E-state index in [0.717, 1.165) is 11.1 Å². The highest BCUT2D eigenvalue weighted by molar-refractivity contribution is 6.10. The molecule has 0 fully saturated rings. The van der Waals surface area contributed by atoms with Gasteiger partial charge in [-0.1, -0.05) is 50.2 Å². The molecule has 1 amide bonds. The van der Waals surface area contributed by atoms with Gasteiger partial charge in [-0.25, -0.2) is 9.97 Å². The third-order valence-electron chi connectivity index (χ3n) is 4.87. The summed E-state index contributed by atoms with van der Waals surface area (Å²) in [5.41, 5.74) is 11.0. The molecule has 0 unspecified atom stereocenters. The van der Waals surface area contributed by atoms with Gasteiger partial charge in [0.2, 0.25) is 0 Å². The monoisotopic (exact) mass is 400 g/mol. The Hall–Kier alpha value is -3.74. The predicted molar refractivity (Wildman–Crippen MR) is 121 cm³/mol. The first-order valence-corrected chi connectivity index (χ1v) is 9.90. The Morgan fingerprint density at radius 3 is 2.50 bits per heavy atom. The van der Waals surface area contributed by atoms with Crippen molar-refractivity contribution in [2.45, 2.75) is 20.8 Å². The summed E-state index contributed by atoms with van der Waals surface area (Å²) in [4.78, 5) is 22.3. The van der Waals surface area contributed by atoms with Crippen LogP contribution in [0.15, 0.2) is 53.6 Å². The van der Waals surface area contributed by atoms with E-state index >= 15 is 0 Å². The number of carbonyl (C=O) groups is 1. The van der Waals surface area contributed by atoms with Crippen molar-refractivity contribution >= 4 is 40.1 Å². The van der Waals surface area contributed by atoms with Gasteiger partial charge in [0.05, 0.1) is 17.2 Å². The number of nitrogens with one attached hydrogen (secondary N) is 1. The van der Waals surface area contributed by atoms with E-state index in [1.165, 1.54) is 4.68 Å². The number of aromatic nitrogens is 3. The predicted octanol–water partition coefficient (Wildman–Crippen LogP) is 3.74. The highest BCUT2D eigenvalue weighted by Gasteiger charge is 2.24. The summed E-state index contributed by atoms with van der Waals surface area (Å²) in [6.45, 7) is 6.62. The fourth-order valence-corrected chi connectivity index (χ4v) is 3.22. The van der Waals surface area contributed by atoms with E-state index < -0.39 is 0 Å². The van der Waals surface area contributed by atoms with Crippen molar-refractivity contribution in [1.82, 2.24) is 20.0 Å². The number of carbonyl (C=O) groups excluding carboxylic acids is 1. The number of nitrogens with zero attached hydrogens (tertiary/aromatic N) is 4. The molecule has 2 heterocycles. The first-order chi connectivity index (χ1) is 14.5. The van der Waals surface area contributed by atoms with E-state index in [9.17, 15) is 4.79 Å². The number of anilines is 1. The molecule has 30 heavy (non-hydrogen) atoms. The Bertz CT molecular complexity index is 1270. The molecule has 0 bridgehead atoms. The Balaban J connectivity index is 1.90. The van der Waals surface area contributed by atoms with Crippen molar-refractivity contribution in [3.63, 3.8) is 0 Å². The molecule has 7 heteroatoms. The molecule has 0 aliphatic rings. The highest BCUT2D eigenvalue weighted by Crippen LogP contribution is 2.27. The molecule has 2 aromatic heterocycles. The number of fused-ring (bicyclic) bond motifs is 2. The van der Waals surface area contributed by atoms with Crippen LogP contribution in [0.25, 0.3) is 22.2 Å². The Morgan fingerprint density at radius 1 is 1.13 bits per heavy atom. The molecule has 0 aliphatic heterocycles. The fourth-order valence-electron chi connectivity index (χ4n) is 3.22. The van der Waals surface area contributed by atoms with E-state index in [1.807, 2.05) is 69.3 Å². The number of nitrogens with two attached hydrogens (primary N) is 1. The lowest BCUT2D eigenvalue weighted by atomic mass is 10.1. The van der Waals surface area contributed by atoms with E-state index in [4.69, 9.17) is 10.7 Å². The molecule has 3 N–H and O–H groups in total. The second kappa shape index (κ2) is 7.94. The van der Waals surface area contributed by atoms with Crippen LogP contribution in [0.5, 0.6) is 0 Å². The van der Waals surface area contributed by atoms with Gasteiger partial charge in [-0.2, -0.15) is 9.78 Å². The van der Waals surface area contributed by atoms with Crippen molar-refractivity contribution in [3.05, 3.63) is 65.2 Å². The maximum absolute atomic E-state index is 12.9. The number of hydrogen-bond donors (Lipinski definition) is 2. The van der Waals surface area contributed by atoms with Gasteiger partial charge in [0, 0.05) is 6.54 Å². The molecule has 0 atom stereocenters. The molecule has 0 saturated heterocycles. The molecule has 7 nitrogen and oxygen atoms in total. The molecule has 0 saturated carbocycles. The van der Waals surface area contributed by atoms with Crippen LogP contribution in [-0.4, -0.2) is 33.3 Å². The number of benzene rings is 2. The van der Waals surface area contributed by atoms with Gasteiger partial charge in [-0.05, 0) is 36.1 Å². The van der Waals surface area contributed by atoms with E-state index in [0.29, 0.717) is 40.2 Å². The Kier molecular flexibility index (Phi) is 5.18. The van der Waals surface area contributed by atoms with E-state index in [-0.39, 0.29) is 11.7 Å². The third-order valence-corrected chi connectivity index (χ3v) is 4.87. The number of rotatable bonds is 5. The number of aryl methyl sites for hydroxylation is 1. The Labute approximate surface area is 174 Å². The van der Waals surface area contributed by atoms with Crippen molar-refractivity contribution in [3.8, 4) is 0 Å². The molecular weight excluding hydrogens is 376 g/mol. The summed E-state index contributed by atoms with van der Waals surface area (Å²) in [5, 5.41) is 7.48. The second-order valence-corrected chi connectivity index (χ2v) is 7.66. The minimum atomic E-state index is -0.277. The summed E-state index contributed by atoms with van der Waals surface area (Å²) in [5.74, 6) is 0.251. The van der Waals surface area contributed by atoms with E-state index in [2.05, 4.69) is 15.4 Å². The van der Waals surface area contributed by atoms with Crippen LogP contribution in [0, 0.1) is 12.8 Å². The van der Waals surface area contributed by atoms with Crippen molar-refractivity contribution < 1.29 is 4.79 Å². The fraction of sp³-hybridized carbons (Fsp3) is 0.217. The summed E-state index contributed by atoms with van der Waals surface area (Å²) >= 11 is 0. The standard InChI is InChI=1S/C23H24N6O/c1-14(2)12-25-23(30)19-20-22(28-18-11-7-6-10-17(18)27-20)29(21(19)24)26-13-16-9-5-4-8-15(16)3/h4-11,13-14H,12,24H2,1-3H3,(H,25,30)/b26-13+. The van der Waals surface area contributed by atoms with Crippen LogP contribution < -0.4 is 11.1 Å². The summed E-state index contributed by atoms with van der Waals surface area (Å²) in [7, 11) is 0. The van der Waals surface area contributed by atoms with Crippen LogP contribution in [0.3, 0.4) is 0 Å². The second-order valence-electron chi connectivity index (χ2n) is 7.66. The van der Waals surface area contributed by atoms with Gasteiger partial charge >= 0.3 is 0 Å². The van der Waals surface area contributed by atoms with Gasteiger partial charge in [-0.3, -0.25) is 4.79 Å². The summed E-state index contributed by atoms with van der Waals surface area (Å²) < 4.78 is 1.49. The topological polar surface area (TPSA) is 98.2 Å². The summed E-state index contributed by atoms with van der Waals surface area (Å²) in [6.07, 6.45) is 1.72. The van der Waals surface area contributed by atoms with Crippen LogP contribution in [0.2, 0.25) is 0 Å². The molecule has 152 valence electrons. The summed E-state index contributed by atoms with van der Waals surface area (Å²) in [6, 6.07) is 15.4. The number of amides is 1. The number of hydrogen-bond acceptors (Lipinski definition) is 5. The molecule has 0 spiro atoms. The molecular formula is C23H24N6O. The van der Waals surface area contributed by atoms with E-state index in [1.54, 1.807) is 6.21 Å². The quantitative estimate of drug-likeness (QED) is 0.499. The lowest BCUT2D eigenvalue weighted by Crippen LogP contribution is -2.28. The zero-order valence-corrected chi connectivity index (χ0v) is 17.3. The first kappa shape index (κ1) is 19.6. The molecule has 0 aliphatic carbocycles. The molecule has 4 aromatic rings. The molecule has 2 aromatic carbocycles. The number of nitrogen functional groups attached to an aromatic ring is 1. The smallest absolute Gasteiger partial charge is 0.257 e. The zero-order valence-electron chi connectivity index (χ0n) is 17.3. The van der Waals surface area contributed by atoms with Crippen LogP contribution in [0.4, 0.5) is 5.82 Å². The van der Waals surface area contributed by atoms with Gasteiger partial charge in [0.25, 0.3) is 5.91 Å². The Morgan fingerprint density at radius 2 is 1.80 bits per heavy atom. The SMILES string of the molecule is Cc1ccccc1/C=N/n1c(N)c(C(=O)NCC(C)C)c2nc3ccccc3nc21. The average molecular weight is 400 g/mol. The maximum atomic E-state index is 12.9. The maximum Gasteiger partial charge on any atom is 0.257 e. The lowest BCUT2D eigenvalue weighted by molar-refractivity contribution is 0.0951. The first-order valence-electron chi connectivity index (χ1n) is 9.90. The normalized spacial score (nSPS) is 11.7. The van der Waals surface area contributed by atoms with Gasteiger partial charge in [0.15, 0.2) is 5.65 Å². The zero-order chi connectivity index (χ0) is 21.3. The van der Waals surface area contributed by atoms with Crippen LogP contribution >= 0.6 is 0 Å². The van der Waals surface area contributed by atoms with Crippen molar-refractivity contribution in [1.29, 1.82) is 0 Å². The van der Waals surface area contributed by atoms with Crippen LogP contribution in [0.1, 0.15) is 35.3 Å². The highest BCUT2D eigenvalue weighted by atomic mass is 16.1. The van der Waals surface area contributed by atoms with Gasteiger partial charge < -0.3 is 11.1 Å². The molecule has 4 rings (SSSR count). The van der Waals surface area contributed by atoms with Gasteiger partial charge in [0.1, 0.15) is 16.9 Å². The van der Waals surface area contributed by atoms with Crippen molar-refractivity contribution in [2.75, 3.05) is 12.3 Å². The molecule has 0 radical (unpaired) electrons. The van der Waals surface area contributed by atoms with Gasteiger partial charge in [-0.15, -0.1) is 0 Å². The third kappa shape index (κ3) is 3.61.